The molecule has 0 N–H and O–H groups in total. The molecule has 2 aromatic rings. The monoisotopic (exact) mass is 462 g/mol. The Labute approximate surface area is 202 Å². The van der Waals surface area contributed by atoms with E-state index in [1.54, 1.807) is 0 Å². The van der Waals surface area contributed by atoms with E-state index in [9.17, 15) is 4.79 Å². The lowest BCUT2D eigenvalue weighted by atomic mass is 9.60. The van der Waals surface area contributed by atoms with Crippen LogP contribution in [-0.4, -0.2) is 21.2 Å². The van der Waals surface area contributed by atoms with Crippen molar-refractivity contribution >= 4 is 25.0 Å². The molecule has 0 amide bonds. The molecule has 0 spiro atoms. The molecule has 2 aromatic carbocycles. The molecule has 2 nitrogen and oxygen atoms in total. The molecule has 1 unspecified atom stereocenters. The van der Waals surface area contributed by atoms with E-state index in [0.717, 1.165) is 13.0 Å². The summed E-state index contributed by atoms with van der Waals surface area (Å²) in [5.74, 6) is 1.93. The van der Waals surface area contributed by atoms with Crippen LogP contribution in [-0.2, 0) is 9.22 Å². The normalized spacial score (nSPS) is 28.8. The van der Waals surface area contributed by atoms with Crippen molar-refractivity contribution in [3.63, 3.8) is 0 Å². The maximum absolute atomic E-state index is 11.8. The van der Waals surface area contributed by atoms with E-state index >= 15 is 0 Å². The lowest BCUT2D eigenvalue weighted by Crippen LogP contribution is -2.67. The van der Waals surface area contributed by atoms with Gasteiger partial charge in [0.2, 0.25) is 0 Å². The van der Waals surface area contributed by atoms with Crippen molar-refractivity contribution in [3.8, 4) is 0 Å². The zero-order valence-electron chi connectivity index (χ0n) is 21.2. The first-order valence-electron chi connectivity index (χ1n) is 12.9. The van der Waals surface area contributed by atoms with Crippen LogP contribution in [0.1, 0.15) is 66.7 Å². The summed E-state index contributed by atoms with van der Waals surface area (Å²) in [5.41, 5.74) is 0.276. The fraction of sp³-hybridized carbons (Fsp3) is 0.567. The molecule has 4 rings (SSSR count). The van der Waals surface area contributed by atoms with Crippen molar-refractivity contribution in [1.29, 1.82) is 0 Å². The minimum atomic E-state index is -2.51. The van der Waals surface area contributed by atoms with Crippen molar-refractivity contribution in [3.05, 3.63) is 60.7 Å². The van der Waals surface area contributed by atoms with E-state index in [2.05, 4.69) is 95.3 Å². The molecule has 178 valence electrons. The first kappa shape index (κ1) is 24.4. The van der Waals surface area contributed by atoms with Gasteiger partial charge in [-0.25, -0.2) is 0 Å². The molecule has 0 aromatic heterocycles. The maximum Gasteiger partial charge on any atom is 0.261 e. The molecular weight excluding hydrogens is 420 g/mol. The molecule has 33 heavy (non-hydrogen) atoms. The predicted octanol–water partition coefficient (Wildman–Crippen LogP) is 6.23. The molecule has 2 saturated carbocycles. The number of hydrogen-bond donors (Lipinski definition) is 0. The summed E-state index contributed by atoms with van der Waals surface area (Å²) < 4.78 is 7.29. The SMILES string of the molecule is CC(CO[Si](c1ccccc1)(c1ccccc1)C(C)(C)C)[C@H]1CC[C@@H]2[C@@H](C=O)CCC[C@@]12C. The molecule has 0 radical (unpaired) electrons. The molecule has 2 fully saturated rings. The van der Waals surface area contributed by atoms with Crippen LogP contribution in [0.2, 0.25) is 5.04 Å². The Balaban J connectivity index is 1.65. The smallest absolute Gasteiger partial charge is 0.261 e. The molecule has 2 aliphatic rings. The summed E-state index contributed by atoms with van der Waals surface area (Å²) in [7, 11) is -2.51. The molecule has 0 aliphatic heterocycles. The van der Waals surface area contributed by atoms with Crippen LogP contribution < -0.4 is 10.4 Å². The molecule has 0 bridgehead atoms. The Bertz CT molecular complexity index is 880. The minimum Gasteiger partial charge on any atom is -0.407 e. The Morgan fingerprint density at radius 1 is 1.00 bits per heavy atom. The lowest BCUT2D eigenvalue weighted by molar-refractivity contribution is -0.116. The Kier molecular flexibility index (Phi) is 7.03. The average Bonchev–Trinajstić information content (AvgIpc) is 3.17. The first-order chi connectivity index (χ1) is 15.7. The van der Waals surface area contributed by atoms with Gasteiger partial charge in [0.05, 0.1) is 0 Å². The van der Waals surface area contributed by atoms with E-state index in [1.807, 2.05) is 0 Å². The van der Waals surface area contributed by atoms with Crippen molar-refractivity contribution in [1.82, 2.24) is 0 Å². The number of hydrogen-bond acceptors (Lipinski definition) is 2. The number of carbonyl (C=O) groups excluding carboxylic acids is 1. The van der Waals surface area contributed by atoms with E-state index in [-0.39, 0.29) is 16.4 Å². The molecule has 0 heterocycles. The van der Waals surface area contributed by atoms with Crippen molar-refractivity contribution in [2.24, 2.45) is 29.1 Å². The quantitative estimate of drug-likeness (QED) is 0.360. The van der Waals surface area contributed by atoms with Gasteiger partial charge in [0.1, 0.15) is 6.29 Å². The van der Waals surface area contributed by atoms with Gasteiger partial charge < -0.3 is 9.22 Å². The standard InChI is InChI=1S/C30H42O2Si/c1-23(27-18-19-28-24(21-31)13-12-20-30(27,28)5)22-32-33(29(2,3)4,25-14-8-6-9-15-25)26-16-10-7-11-17-26/h6-11,14-17,21,23-24,27-28H,12-13,18-20,22H2,1-5H3/t23?,24-,27-,28-,30+/m1/s1. The van der Waals surface area contributed by atoms with Crippen molar-refractivity contribution in [2.75, 3.05) is 6.61 Å². The van der Waals surface area contributed by atoms with Crippen LogP contribution in [0.15, 0.2) is 60.7 Å². The Morgan fingerprint density at radius 2 is 1.58 bits per heavy atom. The van der Waals surface area contributed by atoms with Gasteiger partial charge in [-0.1, -0.05) is 102 Å². The number of benzene rings is 2. The van der Waals surface area contributed by atoms with Gasteiger partial charge in [-0.3, -0.25) is 0 Å². The third kappa shape index (κ3) is 4.28. The Morgan fingerprint density at radius 3 is 2.09 bits per heavy atom. The summed E-state index contributed by atoms with van der Waals surface area (Å²) in [6, 6.07) is 21.9. The van der Waals surface area contributed by atoms with Crippen molar-refractivity contribution in [2.45, 2.75) is 71.8 Å². The number of carbonyl (C=O) groups is 1. The van der Waals surface area contributed by atoms with E-state index in [1.165, 1.54) is 42.3 Å². The first-order valence-corrected chi connectivity index (χ1v) is 14.8. The molecular formula is C30H42O2Si. The summed E-state index contributed by atoms with van der Waals surface area (Å²) >= 11 is 0. The highest BCUT2D eigenvalue weighted by Gasteiger charge is 2.54. The molecule has 0 saturated heterocycles. The van der Waals surface area contributed by atoms with Gasteiger partial charge in [-0.15, -0.1) is 0 Å². The highest BCUT2D eigenvalue weighted by molar-refractivity contribution is 6.99. The van der Waals surface area contributed by atoms with Gasteiger partial charge in [0, 0.05) is 12.5 Å². The number of rotatable bonds is 7. The van der Waals surface area contributed by atoms with Crippen LogP contribution in [0.25, 0.3) is 0 Å². The molecule has 2 aliphatic carbocycles. The van der Waals surface area contributed by atoms with Crippen LogP contribution in [0.4, 0.5) is 0 Å². The second-order valence-corrected chi connectivity index (χ2v) is 16.2. The summed E-state index contributed by atoms with van der Waals surface area (Å²) in [6.45, 7) is 12.7. The second kappa shape index (κ2) is 9.50. The second-order valence-electron chi connectivity index (χ2n) is 11.9. The number of fused-ring (bicyclic) bond motifs is 1. The fourth-order valence-corrected chi connectivity index (χ4v) is 12.2. The molecule has 5 atom stereocenters. The third-order valence-corrected chi connectivity index (χ3v) is 14.1. The average molecular weight is 463 g/mol. The largest absolute Gasteiger partial charge is 0.407 e. The van der Waals surface area contributed by atoms with E-state index < -0.39 is 8.32 Å². The van der Waals surface area contributed by atoms with Crippen LogP contribution >= 0.6 is 0 Å². The summed E-state index contributed by atoms with van der Waals surface area (Å²) in [5, 5.41) is 2.71. The lowest BCUT2D eigenvalue weighted by Gasteiger charge is -2.47. The topological polar surface area (TPSA) is 26.3 Å². The zero-order chi connectivity index (χ0) is 23.7. The fourth-order valence-electron chi connectivity index (χ4n) is 7.52. The maximum atomic E-state index is 11.8. The van der Waals surface area contributed by atoms with Gasteiger partial charge in [0.25, 0.3) is 8.32 Å². The number of aldehydes is 1. The minimum absolute atomic E-state index is 0.00495. The summed E-state index contributed by atoms with van der Waals surface area (Å²) in [6.07, 6.45) is 7.23. The zero-order valence-corrected chi connectivity index (χ0v) is 22.2. The van der Waals surface area contributed by atoms with Crippen LogP contribution in [0.3, 0.4) is 0 Å². The van der Waals surface area contributed by atoms with Crippen LogP contribution in [0.5, 0.6) is 0 Å². The highest BCUT2D eigenvalue weighted by Crippen LogP contribution is 2.59. The predicted molar refractivity (Wildman–Crippen MR) is 140 cm³/mol. The van der Waals surface area contributed by atoms with Gasteiger partial charge >= 0.3 is 0 Å². The van der Waals surface area contributed by atoms with Gasteiger partial charge in [0.15, 0.2) is 0 Å². The van der Waals surface area contributed by atoms with E-state index in [4.69, 9.17) is 4.43 Å². The third-order valence-electron chi connectivity index (χ3n) is 9.09. The Hall–Kier alpha value is -1.71. The highest BCUT2D eigenvalue weighted by atomic mass is 28.4. The van der Waals surface area contributed by atoms with Crippen LogP contribution in [0, 0.1) is 29.1 Å². The van der Waals surface area contributed by atoms with E-state index in [0.29, 0.717) is 17.8 Å². The van der Waals surface area contributed by atoms with Gasteiger partial charge in [-0.2, -0.15) is 0 Å². The summed E-state index contributed by atoms with van der Waals surface area (Å²) in [4.78, 5) is 11.8. The van der Waals surface area contributed by atoms with Gasteiger partial charge in [-0.05, 0) is 64.3 Å². The molecule has 3 heteroatoms. The van der Waals surface area contributed by atoms with Crippen molar-refractivity contribution < 1.29 is 9.22 Å².